The summed E-state index contributed by atoms with van der Waals surface area (Å²) < 4.78 is 8.86. The molecule has 0 radical (unpaired) electrons. The smallest absolute Gasteiger partial charge is 0.143 e. The minimum Gasteiger partial charge on any atom is -0.455 e. The van der Waals surface area contributed by atoms with Crippen molar-refractivity contribution in [2.45, 2.75) is 0 Å². The molecule has 0 aliphatic heterocycles. The molecule has 2 heterocycles. The van der Waals surface area contributed by atoms with E-state index in [0.29, 0.717) is 0 Å². The fourth-order valence-corrected chi connectivity index (χ4v) is 9.32. The summed E-state index contributed by atoms with van der Waals surface area (Å²) in [6.45, 7) is 0. The first-order valence-electron chi connectivity index (χ1n) is 21.5. The molecule has 0 aliphatic rings. The molecule has 0 bridgehead atoms. The van der Waals surface area contributed by atoms with Crippen LogP contribution in [-0.2, 0) is 0 Å². The molecule has 2 aromatic heterocycles. The number of hydrogen-bond donors (Lipinski definition) is 0. The number of hydrogen-bond acceptors (Lipinski definition) is 2. The summed E-state index contributed by atoms with van der Waals surface area (Å²) in [5, 5.41) is 4.73. The van der Waals surface area contributed by atoms with Gasteiger partial charge in [-0.2, -0.15) is 0 Å². The number of furan rings is 1. The summed E-state index contributed by atoms with van der Waals surface area (Å²) in [6, 6.07) is 87.0. The van der Waals surface area contributed by atoms with Crippen molar-refractivity contribution in [3.63, 3.8) is 0 Å². The van der Waals surface area contributed by atoms with Gasteiger partial charge in [0.25, 0.3) is 0 Å². The van der Waals surface area contributed by atoms with Crippen LogP contribution in [0.4, 0.5) is 17.1 Å². The van der Waals surface area contributed by atoms with Crippen LogP contribution >= 0.6 is 0 Å². The van der Waals surface area contributed by atoms with Crippen molar-refractivity contribution in [1.29, 1.82) is 0 Å². The lowest BCUT2D eigenvalue weighted by Crippen LogP contribution is -2.09. The van der Waals surface area contributed by atoms with Crippen molar-refractivity contribution < 1.29 is 4.42 Å². The highest BCUT2D eigenvalue weighted by molar-refractivity contribution is 6.12. The first-order chi connectivity index (χ1) is 31.2. The second kappa shape index (κ2) is 15.3. The Kier molecular flexibility index (Phi) is 8.83. The molecule has 0 unspecified atom stereocenters. The predicted molar refractivity (Wildman–Crippen MR) is 264 cm³/mol. The van der Waals surface area contributed by atoms with Crippen LogP contribution in [0.2, 0.25) is 0 Å². The molecule has 0 atom stereocenters. The number of rotatable bonds is 8. The maximum Gasteiger partial charge on any atom is 0.143 e. The second-order valence-corrected chi connectivity index (χ2v) is 16.1. The number of aromatic nitrogens is 1. The Hall–Kier alpha value is -8.40. The van der Waals surface area contributed by atoms with Gasteiger partial charge >= 0.3 is 0 Å². The summed E-state index contributed by atoms with van der Waals surface area (Å²) in [4.78, 5) is 2.35. The molecule has 3 heteroatoms. The third kappa shape index (κ3) is 6.46. The Morgan fingerprint density at radius 2 is 0.762 bits per heavy atom. The van der Waals surface area contributed by atoms with Gasteiger partial charge in [-0.3, -0.25) is 0 Å². The van der Waals surface area contributed by atoms with Gasteiger partial charge in [-0.25, -0.2) is 0 Å². The van der Waals surface area contributed by atoms with Crippen LogP contribution in [-0.4, -0.2) is 4.57 Å². The molecular formula is C60H40N2O. The summed E-state index contributed by atoms with van der Waals surface area (Å²) in [5.41, 5.74) is 17.9. The van der Waals surface area contributed by atoms with Gasteiger partial charge in [-0.05, 0) is 124 Å². The van der Waals surface area contributed by atoms with Crippen molar-refractivity contribution in [3.05, 3.63) is 243 Å². The van der Waals surface area contributed by atoms with E-state index in [2.05, 4.69) is 246 Å². The van der Waals surface area contributed by atoms with E-state index in [1.54, 1.807) is 0 Å². The summed E-state index contributed by atoms with van der Waals surface area (Å²) in [7, 11) is 0. The van der Waals surface area contributed by atoms with E-state index >= 15 is 0 Å². The number of para-hydroxylation sites is 3. The lowest BCUT2D eigenvalue weighted by Gasteiger charge is -2.26. The molecule has 12 rings (SSSR count). The van der Waals surface area contributed by atoms with E-state index in [-0.39, 0.29) is 0 Å². The van der Waals surface area contributed by atoms with Crippen molar-refractivity contribution in [2.75, 3.05) is 4.90 Å². The summed E-state index contributed by atoms with van der Waals surface area (Å²) in [5.74, 6) is 0. The van der Waals surface area contributed by atoms with Gasteiger partial charge in [0.15, 0.2) is 0 Å². The average Bonchev–Trinajstić information content (AvgIpc) is 3.91. The minimum absolute atomic E-state index is 0.897. The zero-order valence-electron chi connectivity index (χ0n) is 34.4. The lowest BCUT2D eigenvalue weighted by molar-refractivity contribution is 0.670. The fourth-order valence-electron chi connectivity index (χ4n) is 9.32. The lowest BCUT2D eigenvalue weighted by atomic mass is 9.95. The Bertz CT molecular complexity index is 3570. The summed E-state index contributed by atoms with van der Waals surface area (Å²) >= 11 is 0. The maximum absolute atomic E-state index is 6.50. The van der Waals surface area contributed by atoms with E-state index in [9.17, 15) is 0 Å². The molecular weight excluding hydrogens is 765 g/mol. The van der Waals surface area contributed by atoms with Crippen LogP contribution in [0, 0.1) is 0 Å². The number of benzene rings is 10. The first-order valence-corrected chi connectivity index (χ1v) is 21.5. The van der Waals surface area contributed by atoms with Crippen LogP contribution < -0.4 is 4.90 Å². The molecule has 296 valence electrons. The van der Waals surface area contributed by atoms with Crippen LogP contribution in [0.5, 0.6) is 0 Å². The SMILES string of the molecule is c1ccc(-c2ccc(N(c3ccc(-c4cc(-c5ccccc5)c5oc6ccccc6c5c4)cc3)c3ccc(-c4ccc5c(c4)c4ccccc4n5-c4ccccc4)cc3)cc2)cc1. The molecule has 0 fully saturated rings. The standard InChI is InChI=1S/C60H40N2O/c1-4-14-41(15-5-1)42-24-31-49(32-25-42)61(50-33-26-43(27-34-50)46-30-37-58-55(38-46)52-20-10-12-22-57(52)62(58)48-18-8-3-9-19-48)51-35-28-44(29-36-51)47-39-54(45-16-6-2-7-17-45)60-56(40-47)53-21-11-13-23-59(53)63-60/h1-40H. The number of anilines is 3. The van der Waals surface area contributed by atoms with E-state index in [1.165, 1.54) is 44.1 Å². The molecule has 0 spiro atoms. The van der Waals surface area contributed by atoms with Crippen molar-refractivity contribution in [1.82, 2.24) is 4.57 Å². The number of nitrogens with zero attached hydrogens (tertiary/aromatic N) is 2. The molecule has 0 N–H and O–H groups in total. The Morgan fingerprint density at radius 1 is 0.302 bits per heavy atom. The quantitative estimate of drug-likeness (QED) is 0.153. The molecule has 10 aromatic carbocycles. The summed E-state index contributed by atoms with van der Waals surface area (Å²) in [6.07, 6.45) is 0. The van der Waals surface area contributed by atoms with Crippen LogP contribution in [0.15, 0.2) is 247 Å². The molecule has 0 amide bonds. The maximum atomic E-state index is 6.50. The second-order valence-electron chi connectivity index (χ2n) is 16.1. The molecule has 3 nitrogen and oxygen atoms in total. The monoisotopic (exact) mass is 804 g/mol. The van der Waals surface area contributed by atoms with E-state index in [1.807, 2.05) is 6.07 Å². The third-order valence-corrected chi connectivity index (χ3v) is 12.4. The minimum atomic E-state index is 0.897. The van der Waals surface area contributed by atoms with Gasteiger partial charge in [0.2, 0.25) is 0 Å². The Balaban J connectivity index is 0.939. The highest BCUT2D eigenvalue weighted by atomic mass is 16.3. The van der Waals surface area contributed by atoms with Gasteiger partial charge in [0, 0.05) is 49.9 Å². The number of fused-ring (bicyclic) bond motifs is 6. The van der Waals surface area contributed by atoms with Crippen LogP contribution in [0.25, 0.3) is 93.9 Å². The van der Waals surface area contributed by atoms with Gasteiger partial charge in [-0.15, -0.1) is 0 Å². The normalized spacial score (nSPS) is 11.5. The van der Waals surface area contributed by atoms with Crippen molar-refractivity contribution in [3.8, 4) is 50.2 Å². The zero-order chi connectivity index (χ0) is 41.7. The Morgan fingerprint density at radius 3 is 1.41 bits per heavy atom. The zero-order valence-corrected chi connectivity index (χ0v) is 34.4. The van der Waals surface area contributed by atoms with Gasteiger partial charge in [0.1, 0.15) is 11.2 Å². The van der Waals surface area contributed by atoms with Gasteiger partial charge < -0.3 is 13.9 Å². The highest BCUT2D eigenvalue weighted by Crippen LogP contribution is 2.42. The molecule has 0 saturated carbocycles. The molecule has 0 saturated heterocycles. The largest absolute Gasteiger partial charge is 0.455 e. The molecule has 63 heavy (non-hydrogen) atoms. The van der Waals surface area contributed by atoms with Crippen LogP contribution in [0.3, 0.4) is 0 Å². The molecule has 12 aromatic rings. The van der Waals surface area contributed by atoms with E-state index in [4.69, 9.17) is 4.42 Å². The molecule has 0 aliphatic carbocycles. The Labute approximate surface area is 366 Å². The van der Waals surface area contributed by atoms with E-state index < -0.39 is 0 Å². The fraction of sp³-hybridized carbons (Fsp3) is 0. The average molecular weight is 805 g/mol. The van der Waals surface area contributed by atoms with Gasteiger partial charge in [0.05, 0.1) is 11.0 Å². The first kappa shape index (κ1) is 36.5. The van der Waals surface area contributed by atoms with Crippen molar-refractivity contribution >= 4 is 60.8 Å². The van der Waals surface area contributed by atoms with Crippen LogP contribution in [0.1, 0.15) is 0 Å². The third-order valence-electron chi connectivity index (χ3n) is 12.4. The highest BCUT2D eigenvalue weighted by Gasteiger charge is 2.18. The van der Waals surface area contributed by atoms with E-state index in [0.717, 1.165) is 66.9 Å². The predicted octanol–water partition coefficient (Wildman–Crippen LogP) is 16.8. The van der Waals surface area contributed by atoms with Crippen molar-refractivity contribution in [2.24, 2.45) is 0 Å². The topological polar surface area (TPSA) is 21.3 Å². The van der Waals surface area contributed by atoms with Gasteiger partial charge in [-0.1, -0.05) is 158 Å².